The predicted molar refractivity (Wildman–Crippen MR) is 50.8 cm³/mol. The number of amides is 1. The maximum atomic E-state index is 12.6. The Bertz CT molecular complexity index is 540. The summed E-state index contributed by atoms with van der Waals surface area (Å²) in [6.45, 7) is 0. The molecule has 0 saturated heterocycles. The van der Waals surface area contributed by atoms with Gasteiger partial charge in [-0.3, -0.25) is 4.79 Å². The van der Waals surface area contributed by atoms with Gasteiger partial charge in [0.1, 0.15) is 0 Å². The van der Waals surface area contributed by atoms with E-state index in [4.69, 9.17) is 5.26 Å². The highest BCUT2D eigenvalue weighted by Gasteiger charge is 2.41. The van der Waals surface area contributed by atoms with Crippen molar-refractivity contribution in [2.75, 3.05) is 5.32 Å². The molecule has 0 aromatic heterocycles. The number of hydrogen-bond acceptors (Lipinski definition) is 2. The average molecular weight is 282 g/mol. The molecule has 0 aliphatic rings. The predicted octanol–water partition coefficient (Wildman–Crippen LogP) is 3.08. The summed E-state index contributed by atoms with van der Waals surface area (Å²) in [5.74, 6) is -2.53. The molecule has 1 rings (SSSR count). The van der Waals surface area contributed by atoms with E-state index in [9.17, 15) is 31.1 Å². The molecule has 3 nitrogen and oxygen atoms in total. The van der Waals surface area contributed by atoms with E-state index in [0.717, 1.165) is 11.4 Å². The standard InChI is InChI=1S/C10H4F6N2O/c11-9(12,13)6-3-5(4-17)1-2-7(6)18-8(19)10(14,15)16/h1-3H,(H,18,19). The smallest absolute Gasteiger partial charge is 0.318 e. The van der Waals surface area contributed by atoms with Gasteiger partial charge in [0, 0.05) is 0 Å². The van der Waals surface area contributed by atoms with Crippen molar-refractivity contribution in [2.45, 2.75) is 12.4 Å². The molecule has 9 heteroatoms. The number of nitrogens with zero attached hydrogens (tertiary/aromatic N) is 1. The third-order valence-corrected chi connectivity index (χ3v) is 1.96. The van der Waals surface area contributed by atoms with Crippen LogP contribution in [-0.4, -0.2) is 12.1 Å². The second kappa shape index (κ2) is 4.79. The summed E-state index contributed by atoms with van der Waals surface area (Å²) in [5.41, 5.74) is -2.98. The quantitative estimate of drug-likeness (QED) is 0.805. The molecule has 1 aromatic carbocycles. The third kappa shape index (κ3) is 3.61. The van der Waals surface area contributed by atoms with E-state index < -0.39 is 35.1 Å². The van der Waals surface area contributed by atoms with Gasteiger partial charge in [0.25, 0.3) is 0 Å². The highest BCUT2D eigenvalue weighted by atomic mass is 19.4. The van der Waals surface area contributed by atoms with Crippen molar-refractivity contribution in [1.29, 1.82) is 5.26 Å². The van der Waals surface area contributed by atoms with E-state index >= 15 is 0 Å². The minimum absolute atomic E-state index is 0.353. The lowest BCUT2D eigenvalue weighted by molar-refractivity contribution is -0.167. The van der Waals surface area contributed by atoms with E-state index in [1.54, 1.807) is 0 Å². The van der Waals surface area contributed by atoms with E-state index in [2.05, 4.69) is 0 Å². The first-order valence-corrected chi connectivity index (χ1v) is 4.55. The summed E-state index contributed by atoms with van der Waals surface area (Å²) in [6.07, 6.45) is -10.3. The van der Waals surface area contributed by atoms with Crippen molar-refractivity contribution < 1.29 is 31.1 Å². The number of carbonyl (C=O) groups excluding carboxylic acids is 1. The van der Waals surface area contributed by atoms with Crippen LogP contribution in [-0.2, 0) is 11.0 Å². The Morgan fingerprint density at radius 2 is 1.74 bits per heavy atom. The van der Waals surface area contributed by atoms with Gasteiger partial charge in [0.05, 0.1) is 22.9 Å². The van der Waals surface area contributed by atoms with Crippen LogP contribution in [0.5, 0.6) is 0 Å². The molecule has 0 aliphatic heterocycles. The zero-order chi connectivity index (χ0) is 14.8. The van der Waals surface area contributed by atoms with Gasteiger partial charge < -0.3 is 5.32 Å². The molecule has 0 heterocycles. The summed E-state index contributed by atoms with van der Waals surface area (Å²) in [6, 6.07) is 3.22. The molecule has 0 spiro atoms. The Morgan fingerprint density at radius 3 is 2.16 bits per heavy atom. The Labute approximate surface area is 102 Å². The van der Waals surface area contributed by atoms with Gasteiger partial charge in [-0.2, -0.15) is 31.6 Å². The number of anilines is 1. The summed E-state index contributed by atoms with van der Waals surface area (Å²) in [5, 5.41) is 9.56. The van der Waals surface area contributed by atoms with Crippen LogP contribution in [0, 0.1) is 11.3 Å². The largest absolute Gasteiger partial charge is 0.471 e. The number of nitriles is 1. The molecule has 0 radical (unpaired) electrons. The fraction of sp³-hybridized carbons (Fsp3) is 0.200. The van der Waals surface area contributed by atoms with E-state index in [1.807, 2.05) is 0 Å². The van der Waals surface area contributed by atoms with Crippen LogP contribution >= 0.6 is 0 Å². The number of carbonyl (C=O) groups is 1. The lowest BCUT2D eigenvalue weighted by Gasteiger charge is -2.14. The molecule has 19 heavy (non-hydrogen) atoms. The highest BCUT2D eigenvalue weighted by molar-refractivity contribution is 5.95. The van der Waals surface area contributed by atoms with Crippen LogP contribution in [0.4, 0.5) is 32.0 Å². The lowest BCUT2D eigenvalue weighted by Crippen LogP contribution is -2.30. The molecule has 0 unspecified atom stereocenters. The van der Waals surface area contributed by atoms with Crippen LogP contribution in [0.3, 0.4) is 0 Å². The topological polar surface area (TPSA) is 52.9 Å². The molecule has 0 saturated carbocycles. The Balaban J connectivity index is 3.22. The zero-order valence-electron chi connectivity index (χ0n) is 8.86. The molecular weight excluding hydrogens is 278 g/mol. The second-order valence-corrected chi connectivity index (χ2v) is 3.32. The van der Waals surface area contributed by atoms with Gasteiger partial charge in [-0.1, -0.05) is 0 Å². The van der Waals surface area contributed by atoms with E-state index in [-0.39, 0.29) is 0 Å². The SMILES string of the molecule is N#Cc1ccc(NC(=O)C(F)(F)F)c(C(F)(F)F)c1. The molecule has 102 valence electrons. The van der Waals surface area contributed by atoms with Crippen molar-refractivity contribution in [2.24, 2.45) is 0 Å². The zero-order valence-corrected chi connectivity index (χ0v) is 8.86. The summed E-state index contributed by atoms with van der Waals surface area (Å²) in [4.78, 5) is 10.6. The number of benzene rings is 1. The molecule has 1 aromatic rings. The minimum atomic E-state index is -5.31. The van der Waals surface area contributed by atoms with Crippen molar-refractivity contribution in [3.63, 3.8) is 0 Å². The number of rotatable bonds is 1. The van der Waals surface area contributed by atoms with Crippen LogP contribution < -0.4 is 5.32 Å². The summed E-state index contributed by atoms with van der Waals surface area (Å²) in [7, 11) is 0. The first-order valence-electron chi connectivity index (χ1n) is 4.55. The van der Waals surface area contributed by atoms with Crippen molar-refractivity contribution in [3.05, 3.63) is 29.3 Å². The lowest BCUT2D eigenvalue weighted by atomic mass is 10.1. The fourth-order valence-corrected chi connectivity index (χ4v) is 1.15. The number of nitrogens with one attached hydrogen (secondary N) is 1. The first kappa shape index (κ1) is 14.8. The summed E-state index contributed by atoms with van der Waals surface area (Å²) < 4.78 is 73.6. The molecular formula is C10H4F6N2O. The van der Waals surface area contributed by atoms with Crippen molar-refractivity contribution >= 4 is 11.6 Å². The molecule has 1 N–H and O–H groups in total. The number of hydrogen-bond donors (Lipinski definition) is 1. The molecule has 0 atom stereocenters. The van der Waals surface area contributed by atoms with Crippen molar-refractivity contribution in [1.82, 2.24) is 0 Å². The maximum Gasteiger partial charge on any atom is 0.471 e. The first-order chi connectivity index (χ1) is 8.55. The third-order valence-electron chi connectivity index (χ3n) is 1.96. The molecule has 0 bridgehead atoms. The Morgan fingerprint density at radius 1 is 1.16 bits per heavy atom. The van der Waals surface area contributed by atoms with Crippen molar-refractivity contribution in [3.8, 4) is 6.07 Å². The minimum Gasteiger partial charge on any atom is -0.318 e. The summed E-state index contributed by atoms with van der Waals surface area (Å²) >= 11 is 0. The average Bonchev–Trinajstić information content (AvgIpc) is 2.26. The van der Waals surface area contributed by atoms with Crippen LogP contribution in [0.15, 0.2) is 18.2 Å². The molecule has 1 amide bonds. The number of halogens is 6. The fourth-order valence-electron chi connectivity index (χ4n) is 1.15. The number of alkyl halides is 6. The normalized spacial score (nSPS) is 11.8. The second-order valence-electron chi connectivity index (χ2n) is 3.32. The van der Waals surface area contributed by atoms with E-state index in [0.29, 0.717) is 12.1 Å². The van der Waals surface area contributed by atoms with Crippen LogP contribution in [0.25, 0.3) is 0 Å². The van der Waals surface area contributed by atoms with Gasteiger partial charge in [0.2, 0.25) is 0 Å². The Hall–Kier alpha value is -2.24. The maximum absolute atomic E-state index is 12.6. The van der Waals surface area contributed by atoms with Gasteiger partial charge >= 0.3 is 18.3 Å². The van der Waals surface area contributed by atoms with Gasteiger partial charge in [0.15, 0.2) is 0 Å². The molecule has 0 fully saturated rings. The van der Waals surface area contributed by atoms with E-state index in [1.165, 1.54) is 6.07 Å². The van der Waals surface area contributed by atoms with Gasteiger partial charge in [-0.25, -0.2) is 0 Å². The highest BCUT2D eigenvalue weighted by Crippen LogP contribution is 2.36. The monoisotopic (exact) mass is 282 g/mol. The Kier molecular flexibility index (Phi) is 3.74. The van der Waals surface area contributed by atoms with Gasteiger partial charge in [-0.05, 0) is 18.2 Å². The van der Waals surface area contributed by atoms with Crippen LogP contribution in [0.1, 0.15) is 11.1 Å². The molecule has 0 aliphatic carbocycles. The van der Waals surface area contributed by atoms with Crippen LogP contribution in [0.2, 0.25) is 0 Å². The van der Waals surface area contributed by atoms with Gasteiger partial charge in [-0.15, -0.1) is 0 Å².